The van der Waals surface area contributed by atoms with E-state index < -0.39 is 19.9 Å². The largest absolute Gasteiger partial charge is 0.497 e. The second kappa shape index (κ2) is 7.85. The molecular weight excluding hydrogens is 366 g/mol. The molecule has 7 nitrogen and oxygen atoms in total. The third-order valence-electron chi connectivity index (χ3n) is 3.27. The van der Waals surface area contributed by atoms with Gasteiger partial charge in [0, 0.05) is 18.9 Å². The Morgan fingerprint density at radius 3 is 2.12 bits per heavy atom. The summed E-state index contributed by atoms with van der Waals surface area (Å²) >= 11 is 0. The molecule has 0 radical (unpaired) electrons. The molecule has 25 heavy (non-hydrogen) atoms. The molecule has 0 aliphatic rings. The molecular formula is C16H19NO6S2. The van der Waals surface area contributed by atoms with Crippen LogP contribution in [0.2, 0.25) is 0 Å². The molecule has 136 valence electrons. The summed E-state index contributed by atoms with van der Waals surface area (Å²) < 4.78 is 60.1. The zero-order valence-corrected chi connectivity index (χ0v) is 15.4. The van der Waals surface area contributed by atoms with Crippen molar-refractivity contribution in [3.8, 4) is 11.5 Å². The maximum atomic E-state index is 12.2. The molecule has 0 spiro atoms. The maximum absolute atomic E-state index is 12.2. The number of sulfone groups is 1. The lowest BCUT2D eigenvalue weighted by molar-refractivity contribution is 0.320. The van der Waals surface area contributed by atoms with E-state index in [-0.39, 0.29) is 22.9 Å². The van der Waals surface area contributed by atoms with E-state index in [1.54, 1.807) is 31.4 Å². The number of methoxy groups -OCH3 is 1. The quantitative estimate of drug-likeness (QED) is 0.691. The first-order valence-corrected chi connectivity index (χ1v) is 10.7. The highest BCUT2D eigenvalue weighted by molar-refractivity contribution is 7.90. The molecule has 0 aliphatic carbocycles. The number of benzene rings is 2. The number of hydrogen-bond donors (Lipinski definition) is 1. The van der Waals surface area contributed by atoms with Crippen LogP contribution in [0.4, 0.5) is 0 Å². The van der Waals surface area contributed by atoms with Gasteiger partial charge in [-0.25, -0.2) is 21.6 Å². The van der Waals surface area contributed by atoms with Gasteiger partial charge in [0.2, 0.25) is 10.0 Å². The van der Waals surface area contributed by atoms with Gasteiger partial charge in [0.05, 0.1) is 16.9 Å². The van der Waals surface area contributed by atoms with Crippen molar-refractivity contribution in [3.05, 3.63) is 48.5 Å². The van der Waals surface area contributed by atoms with E-state index in [2.05, 4.69) is 4.72 Å². The lowest BCUT2D eigenvalue weighted by Crippen LogP contribution is -2.28. The van der Waals surface area contributed by atoms with Gasteiger partial charge >= 0.3 is 0 Å². The van der Waals surface area contributed by atoms with E-state index in [1.807, 2.05) is 0 Å². The van der Waals surface area contributed by atoms with Crippen molar-refractivity contribution in [2.75, 3.05) is 26.5 Å². The molecule has 0 saturated carbocycles. The molecule has 0 aliphatic heterocycles. The van der Waals surface area contributed by atoms with Gasteiger partial charge in [-0.3, -0.25) is 0 Å². The van der Waals surface area contributed by atoms with Crippen LogP contribution in [-0.2, 0) is 19.9 Å². The number of sulfonamides is 1. The SMILES string of the molecule is COc1cccc(OCCNS(=O)(=O)c2ccc(S(C)(=O)=O)cc2)c1. The first-order valence-electron chi connectivity index (χ1n) is 7.29. The fourth-order valence-corrected chi connectivity index (χ4v) is 3.63. The fourth-order valence-electron chi connectivity index (χ4n) is 1.99. The second-order valence-electron chi connectivity index (χ2n) is 5.17. The summed E-state index contributed by atoms with van der Waals surface area (Å²) in [4.78, 5) is 0.0501. The van der Waals surface area contributed by atoms with Crippen molar-refractivity contribution < 1.29 is 26.3 Å². The fraction of sp³-hybridized carbons (Fsp3) is 0.250. The Morgan fingerprint density at radius 2 is 1.52 bits per heavy atom. The van der Waals surface area contributed by atoms with Crippen LogP contribution in [0.1, 0.15) is 0 Å². The molecule has 0 fully saturated rings. The van der Waals surface area contributed by atoms with Crippen LogP contribution in [0.3, 0.4) is 0 Å². The van der Waals surface area contributed by atoms with Crippen LogP contribution in [-0.4, -0.2) is 43.4 Å². The summed E-state index contributed by atoms with van der Waals surface area (Å²) in [5.41, 5.74) is 0. The second-order valence-corrected chi connectivity index (χ2v) is 8.95. The van der Waals surface area contributed by atoms with Gasteiger partial charge in [0.15, 0.2) is 9.84 Å². The first-order chi connectivity index (χ1) is 11.7. The summed E-state index contributed by atoms with van der Waals surface area (Å²) in [5, 5.41) is 0. The summed E-state index contributed by atoms with van der Waals surface area (Å²) in [7, 11) is -5.56. The van der Waals surface area contributed by atoms with Crippen LogP contribution in [0.15, 0.2) is 58.3 Å². The van der Waals surface area contributed by atoms with Crippen molar-refractivity contribution in [1.82, 2.24) is 4.72 Å². The molecule has 2 aromatic rings. The minimum atomic E-state index is -3.74. The van der Waals surface area contributed by atoms with Crippen LogP contribution in [0, 0.1) is 0 Å². The van der Waals surface area contributed by atoms with Gasteiger partial charge in [-0.1, -0.05) is 6.07 Å². The third-order valence-corrected chi connectivity index (χ3v) is 5.87. The third kappa shape index (κ3) is 5.45. The van der Waals surface area contributed by atoms with E-state index >= 15 is 0 Å². The maximum Gasteiger partial charge on any atom is 0.240 e. The molecule has 0 aromatic heterocycles. The van der Waals surface area contributed by atoms with E-state index in [9.17, 15) is 16.8 Å². The average Bonchev–Trinajstić information content (AvgIpc) is 2.58. The van der Waals surface area contributed by atoms with E-state index in [0.29, 0.717) is 11.5 Å². The van der Waals surface area contributed by atoms with Crippen molar-refractivity contribution in [2.45, 2.75) is 9.79 Å². The van der Waals surface area contributed by atoms with E-state index in [4.69, 9.17) is 9.47 Å². The summed E-state index contributed by atoms with van der Waals surface area (Å²) in [5.74, 6) is 1.21. The highest BCUT2D eigenvalue weighted by Gasteiger charge is 2.15. The van der Waals surface area contributed by atoms with Crippen LogP contribution >= 0.6 is 0 Å². The molecule has 2 aromatic carbocycles. The highest BCUT2D eigenvalue weighted by atomic mass is 32.2. The monoisotopic (exact) mass is 385 g/mol. The summed E-state index contributed by atoms with van der Waals surface area (Å²) in [6, 6.07) is 12.0. The smallest absolute Gasteiger partial charge is 0.240 e. The molecule has 0 atom stereocenters. The van der Waals surface area contributed by atoms with Crippen molar-refractivity contribution in [2.24, 2.45) is 0 Å². The van der Waals surface area contributed by atoms with Gasteiger partial charge in [-0.2, -0.15) is 0 Å². The van der Waals surface area contributed by atoms with Crippen molar-refractivity contribution >= 4 is 19.9 Å². The highest BCUT2D eigenvalue weighted by Crippen LogP contribution is 2.18. The van der Waals surface area contributed by atoms with E-state index in [0.717, 1.165) is 6.26 Å². The zero-order chi connectivity index (χ0) is 18.5. The Bertz CT molecular complexity index is 921. The molecule has 0 unspecified atom stereocenters. The van der Waals surface area contributed by atoms with Crippen molar-refractivity contribution in [1.29, 1.82) is 0 Å². The van der Waals surface area contributed by atoms with Gasteiger partial charge in [-0.15, -0.1) is 0 Å². The molecule has 2 rings (SSSR count). The lowest BCUT2D eigenvalue weighted by Gasteiger charge is -2.09. The Kier molecular flexibility index (Phi) is 6.04. The Morgan fingerprint density at radius 1 is 0.920 bits per heavy atom. The number of ether oxygens (including phenoxy) is 2. The van der Waals surface area contributed by atoms with Crippen molar-refractivity contribution in [3.63, 3.8) is 0 Å². The molecule has 0 bridgehead atoms. The van der Waals surface area contributed by atoms with Gasteiger partial charge < -0.3 is 9.47 Å². The number of nitrogens with one attached hydrogen (secondary N) is 1. The molecule has 0 heterocycles. The van der Waals surface area contributed by atoms with Crippen LogP contribution in [0.5, 0.6) is 11.5 Å². The molecule has 9 heteroatoms. The van der Waals surface area contributed by atoms with E-state index in [1.165, 1.54) is 24.3 Å². The van der Waals surface area contributed by atoms with Gasteiger partial charge in [-0.05, 0) is 36.4 Å². The predicted molar refractivity (Wildman–Crippen MR) is 93.2 cm³/mol. The molecule has 1 N–H and O–H groups in total. The van der Waals surface area contributed by atoms with Crippen LogP contribution < -0.4 is 14.2 Å². The van der Waals surface area contributed by atoms with Gasteiger partial charge in [0.1, 0.15) is 18.1 Å². The normalized spacial score (nSPS) is 11.9. The van der Waals surface area contributed by atoms with Crippen LogP contribution in [0.25, 0.3) is 0 Å². The minimum absolute atomic E-state index is 0.0127. The average molecular weight is 385 g/mol. The van der Waals surface area contributed by atoms with Gasteiger partial charge in [0.25, 0.3) is 0 Å². The predicted octanol–water partition coefficient (Wildman–Crippen LogP) is 1.46. The standard InChI is InChI=1S/C16H19NO6S2/c1-22-13-4-3-5-14(12-13)23-11-10-17-25(20,21)16-8-6-15(7-9-16)24(2,18)19/h3-9,12,17H,10-11H2,1-2H3. The first kappa shape index (κ1) is 19.2. The lowest BCUT2D eigenvalue weighted by atomic mass is 10.3. The Labute approximate surface area is 147 Å². The molecule has 0 amide bonds. The number of rotatable bonds is 8. The minimum Gasteiger partial charge on any atom is -0.497 e. The summed E-state index contributed by atoms with van der Waals surface area (Å²) in [6.07, 6.45) is 1.06. The topological polar surface area (TPSA) is 98.8 Å². The zero-order valence-electron chi connectivity index (χ0n) is 13.8. The number of hydrogen-bond acceptors (Lipinski definition) is 6. The summed E-state index contributed by atoms with van der Waals surface area (Å²) in [6.45, 7) is 0.196. The Hall–Kier alpha value is -2.10. The molecule has 0 saturated heterocycles. The Balaban J connectivity index is 1.93.